The van der Waals surface area contributed by atoms with E-state index in [0.29, 0.717) is 19.0 Å². The van der Waals surface area contributed by atoms with Gasteiger partial charge in [-0.1, -0.05) is 0 Å². The van der Waals surface area contributed by atoms with Crippen molar-refractivity contribution in [1.82, 2.24) is 25.2 Å². The molecule has 5 rings (SSSR count). The number of aromatic nitrogens is 3. The number of aliphatic hydroxyl groups excluding tert-OH is 2. The summed E-state index contributed by atoms with van der Waals surface area (Å²) >= 11 is 1.62. The Morgan fingerprint density at radius 3 is 2.70 bits per heavy atom. The van der Waals surface area contributed by atoms with Crippen LogP contribution in [0.15, 0.2) is 61.1 Å². The van der Waals surface area contributed by atoms with E-state index in [0.717, 1.165) is 31.9 Å². The highest BCUT2D eigenvalue weighted by Gasteiger charge is 2.45. The van der Waals surface area contributed by atoms with Crippen LogP contribution in [0.3, 0.4) is 0 Å². The van der Waals surface area contributed by atoms with Crippen LogP contribution in [0.2, 0.25) is 0 Å². The van der Waals surface area contributed by atoms with Gasteiger partial charge in [-0.05, 0) is 67.3 Å². The van der Waals surface area contributed by atoms with E-state index in [9.17, 15) is 15.0 Å². The molecule has 37 heavy (non-hydrogen) atoms. The van der Waals surface area contributed by atoms with Crippen molar-refractivity contribution in [2.45, 2.75) is 38.4 Å². The van der Waals surface area contributed by atoms with Gasteiger partial charge in [0.2, 0.25) is 11.9 Å². The van der Waals surface area contributed by atoms with Crippen LogP contribution >= 0.6 is 11.3 Å². The van der Waals surface area contributed by atoms with Gasteiger partial charge < -0.3 is 20.8 Å². The maximum absolute atomic E-state index is 12.4. The fraction of sp³-hybridized carbons (Fsp3) is 0.308. The molecular formula is C26H29N7O3S. The Morgan fingerprint density at radius 2 is 1.95 bits per heavy atom. The standard InChI is InChI=1S/C26H29N7O3S/c1-26(2)23(35)32-25(36)33(26)12-11-29-24-28-10-7-19(31-24)21-15-17-14-18(3-4-20(17)37-21)30-22(34)13-16-5-8-27-9-6-16/h3-10,14-15,23,25,32,35-36H,11-13H2,1-2H3,(H,30,34)(H,28,29,31). The number of nitrogens with zero attached hydrogens (tertiary/aromatic N) is 4. The minimum Gasteiger partial charge on any atom is -0.377 e. The van der Waals surface area contributed by atoms with Gasteiger partial charge in [0.25, 0.3) is 0 Å². The average Bonchev–Trinajstić information content (AvgIpc) is 3.38. The van der Waals surface area contributed by atoms with Crippen LogP contribution in [0.1, 0.15) is 19.4 Å². The molecule has 10 nitrogen and oxygen atoms in total. The zero-order valence-electron chi connectivity index (χ0n) is 20.5. The number of aliphatic hydroxyl groups is 2. The van der Waals surface area contributed by atoms with E-state index in [4.69, 9.17) is 0 Å². The number of amides is 1. The number of hydrogen-bond donors (Lipinski definition) is 5. The van der Waals surface area contributed by atoms with Crippen LogP contribution in [-0.2, 0) is 11.2 Å². The number of pyridine rings is 1. The minimum atomic E-state index is -0.914. The van der Waals surface area contributed by atoms with Gasteiger partial charge in [0.15, 0.2) is 6.35 Å². The van der Waals surface area contributed by atoms with E-state index < -0.39 is 18.1 Å². The smallest absolute Gasteiger partial charge is 0.228 e. The third-order valence-corrected chi connectivity index (χ3v) is 7.61. The summed E-state index contributed by atoms with van der Waals surface area (Å²) in [4.78, 5) is 28.2. The van der Waals surface area contributed by atoms with Gasteiger partial charge in [0, 0.05) is 42.1 Å². The first-order valence-electron chi connectivity index (χ1n) is 12.0. The lowest BCUT2D eigenvalue weighted by Gasteiger charge is -2.33. The average molecular weight is 520 g/mol. The van der Waals surface area contributed by atoms with Crippen molar-refractivity contribution in [3.05, 3.63) is 66.6 Å². The largest absolute Gasteiger partial charge is 0.377 e. The Bertz CT molecular complexity index is 1400. The lowest BCUT2D eigenvalue weighted by Crippen LogP contribution is -2.49. The highest BCUT2D eigenvalue weighted by Crippen LogP contribution is 2.34. The molecule has 0 bridgehead atoms. The predicted octanol–water partition coefficient (Wildman–Crippen LogP) is 2.62. The van der Waals surface area contributed by atoms with Gasteiger partial charge in [-0.15, -0.1) is 11.3 Å². The first kappa shape index (κ1) is 25.2. The third-order valence-electron chi connectivity index (χ3n) is 6.47. The number of rotatable bonds is 8. The molecule has 5 N–H and O–H groups in total. The molecule has 3 aromatic heterocycles. The summed E-state index contributed by atoms with van der Waals surface area (Å²) in [5.41, 5.74) is 1.85. The summed E-state index contributed by atoms with van der Waals surface area (Å²) < 4.78 is 1.09. The van der Waals surface area contributed by atoms with E-state index >= 15 is 0 Å². The number of nitrogens with one attached hydrogen (secondary N) is 3. The number of anilines is 2. The topological polar surface area (TPSA) is 136 Å². The van der Waals surface area contributed by atoms with E-state index in [1.54, 1.807) is 34.8 Å². The number of fused-ring (bicyclic) bond motifs is 1. The summed E-state index contributed by atoms with van der Waals surface area (Å²) in [6, 6.07) is 13.4. The normalized spacial score (nSPS) is 19.2. The van der Waals surface area contributed by atoms with Crippen molar-refractivity contribution >= 4 is 39.0 Å². The van der Waals surface area contributed by atoms with E-state index in [-0.39, 0.29) is 12.3 Å². The van der Waals surface area contributed by atoms with Crippen molar-refractivity contribution < 1.29 is 15.0 Å². The van der Waals surface area contributed by atoms with Gasteiger partial charge in [-0.2, -0.15) is 0 Å². The molecule has 1 saturated heterocycles. The number of thiophene rings is 1. The Hall–Kier alpha value is -3.48. The molecule has 0 saturated carbocycles. The SMILES string of the molecule is CC1(C)C(O)NC(O)N1CCNc1nccc(-c2cc3cc(NC(=O)Cc4ccncc4)ccc3s2)n1. The predicted molar refractivity (Wildman–Crippen MR) is 144 cm³/mol. The number of hydrogen-bond acceptors (Lipinski definition) is 10. The summed E-state index contributed by atoms with van der Waals surface area (Å²) in [6.45, 7) is 4.73. The Labute approximate surface area is 218 Å². The van der Waals surface area contributed by atoms with E-state index in [2.05, 4.69) is 37.0 Å². The molecule has 1 aliphatic heterocycles. The molecule has 2 atom stereocenters. The first-order chi connectivity index (χ1) is 17.8. The molecule has 2 unspecified atom stereocenters. The molecular weight excluding hydrogens is 490 g/mol. The third kappa shape index (κ3) is 5.60. The van der Waals surface area contributed by atoms with Crippen LogP contribution in [0.4, 0.5) is 11.6 Å². The van der Waals surface area contributed by atoms with Crippen LogP contribution < -0.4 is 16.0 Å². The second-order valence-corrected chi connectivity index (χ2v) is 10.5. The minimum absolute atomic E-state index is 0.0809. The summed E-state index contributed by atoms with van der Waals surface area (Å²) in [5.74, 6) is 0.404. The highest BCUT2D eigenvalue weighted by atomic mass is 32.1. The van der Waals surface area contributed by atoms with Gasteiger partial charge >= 0.3 is 0 Å². The van der Waals surface area contributed by atoms with Crippen LogP contribution in [0.25, 0.3) is 20.7 Å². The molecule has 1 fully saturated rings. The Morgan fingerprint density at radius 1 is 1.14 bits per heavy atom. The van der Waals surface area contributed by atoms with Crippen molar-refractivity contribution in [2.75, 3.05) is 23.7 Å². The molecule has 4 aromatic rings. The summed E-state index contributed by atoms with van der Waals surface area (Å²) in [5, 5.41) is 30.2. The van der Waals surface area contributed by atoms with Crippen molar-refractivity contribution in [2.24, 2.45) is 0 Å². The van der Waals surface area contributed by atoms with Crippen molar-refractivity contribution in [3.63, 3.8) is 0 Å². The molecule has 11 heteroatoms. The molecule has 192 valence electrons. The van der Waals surface area contributed by atoms with E-state index in [1.165, 1.54) is 0 Å². The number of benzene rings is 1. The molecule has 0 radical (unpaired) electrons. The molecule has 1 amide bonds. The summed E-state index contributed by atoms with van der Waals surface area (Å²) in [7, 11) is 0. The maximum atomic E-state index is 12.4. The molecule has 1 aromatic carbocycles. The van der Waals surface area contributed by atoms with Crippen LogP contribution in [0.5, 0.6) is 0 Å². The monoisotopic (exact) mass is 519 g/mol. The van der Waals surface area contributed by atoms with Gasteiger partial charge in [0.05, 0.1) is 22.5 Å². The molecule has 1 aliphatic rings. The molecule has 0 aliphatic carbocycles. The number of carbonyl (C=O) groups excluding carboxylic acids is 1. The Balaban J connectivity index is 1.23. The second-order valence-electron chi connectivity index (χ2n) is 9.43. The quantitative estimate of drug-likeness (QED) is 0.238. The zero-order chi connectivity index (χ0) is 26.0. The second kappa shape index (κ2) is 10.5. The van der Waals surface area contributed by atoms with Crippen LogP contribution in [-0.4, -0.2) is 67.2 Å². The van der Waals surface area contributed by atoms with Gasteiger partial charge in [0.1, 0.15) is 6.23 Å². The summed E-state index contributed by atoms with van der Waals surface area (Å²) in [6.07, 6.45) is 3.62. The fourth-order valence-electron chi connectivity index (χ4n) is 4.33. The van der Waals surface area contributed by atoms with Gasteiger partial charge in [-0.25, -0.2) is 9.97 Å². The molecule has 0 spiro atoms. The highest BCUT2D eigenvalue weighted by molar-refractivity contribution is 7.22. The Kier molecular flexibility index (Phi) is 7.13. The molecule has 4 heterocycles. The van der Waals surface area contributed by atoms with Crippen molar-refractivity contribution in [1.29, 1.82) is 0 Å². The van der Waals surface area contributed by atoms with Gasteiger partial charge in [-0.3, -0.25) is 20.0 Å². The lowest BCUT2D eigenvalue weighted by molar-refractivity contribution is -0.115. The van der Waals surface area contributed by atoms with Crippen molar-refractivity contribution in [3.8, 4) is 10.6 Å². The first-order valence-corrected chi connectivity index (χ1v) is 12.8. The maximum Gasteiger partial charge on any atom is 0.228 e. The fourth-order valence-corrected chi connectivity index (χ4v) is 5.34. The number of carbonyl (C=O) groups is 1. The van der Waals surface area contributed by atoms with E-state index in [1.807, 2.05) is 50.2 Å². The lowest BCUT2D eigenvalue weighted by atomic mass is 10.0. The zero-order valence-corrected chi connectivity index (χ0v) is 21.4. The van der Waals surface area contributed by atoms with Crippen LogP contribution in [0, 0.1) is 0 Å².